The fourth-order valence-electron chi connectivity index (χ4n) is 6.28. The summed E-state index contributed by atoms with van der Waals surface area (Å²) in [5, 5.41) is 22.7. The van der Waals surface area contributed by atoms with Crippen LogP contribution in [0.3, 0.4) is 0 Å². The molecular formula is C21H35BN4O5. The predicted molar refractivity (Wildman–Crippen MR) is 114 cm³/mol. The molecule has 0 aromatic carbocycles. The van der Waals surface area contributed by atoms with Crippen molar-refractivity contribution in [2.45, 2.75) is 76.2 Å². The molecule has 4 aliphatic rings. The van der Waals surface area contributed by atoms with Crippen LogP contribution in [0.5, 0.6) is 0 Å². The van der Waals surface area contributed by atoms with E-state index in [1.54, 1.807) is 0 Å². The minimum absolute atomic E-state index is 0.196. The van der Waals surface area contributed by atoms with E-state index in [0.717, 1.165) is 69.7 Å². The standard InChI is InChI=1S/C21H35BN4O5/c1-3-8-25-20(14-17(27)26(25)21(22,29)30)6-10-23(11-7-20)16-12-19(13-16)5-9-24(15-19)18(28)31-4-2/h16,29-30H,3-15H2,1-2H3. The van der Waals surface area contributed by atoms with Gasteiger partial charge in [0.2, 0.25) is 11.7 Å². The number of aliphatic hydroxyl groups is 2. The summed E-state index contributed by atoms with van der Waals surface area (Å²) < 4.78 is 5.15. The molecule has 0 atom stereocenters. The van der Waals surface area contributed by atoms with E-state index >= 15 is 0 Å². The van der Waals surface area contributed by atoms with Crippen LogP contribution in [0.4, 0.5) is 4.79 Å². The van der Waals surface area contributed by atoms with Gasteiger partial charge < -0.3 is 24.7 Å². The van der Waals surface area contributed by atoms with Crippen molar-refractivity contribution in [3.63, 3.8) is 0 Å². The monoisotopic (exact) mass is 434 g/mol. The quantitative estimate of drug-likeness (QED) is 0.479. The second-order valence-corrected chi connectivity index (χ2v) is 9.89. The molecule has 0 aromatic rings. The fourth-order valence-corrected chi connectivity index (χ4v) is 6.28. The first kappa shape index (κ1) is 22.8. The van der Waals surface area contributed by atoms with E-state index in [1.807, 2.05) is 23.8 Å². The van der Waals surface area contributed by atoms with E-state index in [0.29, 0.717) is 19.2 Å². The lowest BCUT2D eigenvalue weighted by Gasteiger charge is -2.54. The third-order valence-corrected chi connectivity index (χ3v) is 7.80. The van der Waals surface area contributed by atoms with Crippen molar-refractivity contribution in [2.24, 2.45) is 5.41 Å². The molecule has 31 heavy (non-hydrogen) atoms. The predicted octanol–water partition coefficient (Wildman–Crippen LogP) is 0.456. The second kappa shape index (κ2) is 8.21. The third-order valence-electron chi connectivity index (χ3n) is 7.80. The van der Waals surface area contributed by atoms with Crippen LogP contribution in [-0.4, -0.2) is 107 Å². The summed E-state index contributed by atoms with van der Waals surface area (Å²) in [6, 6.07) is 0.511. The third kappa shape index (κ3) is 4.07. The van der Waals surface area contributed by atoms with Gasteiger partial charge in [0.1, 0.15) is 0 Å². The van der Waals surface area contributed by atoms with E-state index in [9.17, 15) is 19.8 Å². The number of ether oxygens (including phenoxy) is 1. The van der Waals surface area contributed by atoms with Gasteiger partial charge in [0.15, 0.2) is 7.85 Å². The second-order valence-electron chi connectivity index (χ2n) is 9.89. The van der Waals surface area contributed by atoms with Crippen LogP contribution in [0.1, 0.15) is 58.8 Å². The molecule has 2 N–H and O–H groups in total. The smallest absolute Gasteiger partial charge is 0.409 e. The van der Waals surface area contributed by atoms with Crippen LogP contribution in [0.15, 0.2) is 0 Å². The SMILES string of the molecule is [B]C(O)(O)N1C(=O)CC2(CCN(C3CC4(CCN(C(=O)OCC)C4)C3)CC2)N1CCC. The largest absolute Gasteiger partial charge is 0.450 e. The zero-order valence-corrected chi connectivity index (χ0v) is 18.8. The Morgan fingerprint density at radius 2 is 1.87 bits per heavy atom. The number of carbonyl (C=O) groups is 2. The van der Waals surface area contributed by atoms with Crippen molar-refractivity contribution in [1.29, 1.82) is 0 Å². The van der Waals surface area contributed by atoms with Gasteiger partial charge in [-0.05, 0) is 50.9 Å². The van der Waals surface area contributed by atoms with Crippen LogP contribution in [-0.2, 0) is 9.53 Å². The highest BCUT2D eigenvalue weighted by Crippen LogP contribution is 2.51. The molecule has 0 unspecified atom stereocenters. The van der Waals surface area contributed by atoms with Gasteiger partial charge in [-0.25, -0.2) is 14.8 Å². The Hall–Kier alpha value is -1.36. The molecule has 1 saturated carbocycles. The number of carbonyl (C=O) groups excluding carboxylic acids is 2. The fraction of sp³-hybridized carbons (Fsp3) is 0.905. The van der Waals surface area contributed by atoms with Gasteiger partial charge in [-0.15, -0.1) is 0 Å². The van der Waals surface area contributed by atoms with Crippen LogP contribution >= 0.6 is 0 Å². The lowest BCUT2D eigenvalue weighted by molar-refractivity contribution is -0.265. The van der Waals surface area contributed by atoms with Gasteiger partial charge >= 0.3 is 6.09 Å². The van der Waals surface area contributed by atoms with E-state index in [2.05, 4.69) is 4.90 Å². The van der Waals surface area contributed by atoms with Crippen molar-refractivity contribution in [1.82, 2.24) is 19.8 Å². The first-order valence-corrected chi connectivity index (χ1v) is 11.6. The molecule has 3 saturated heterocycles. The zero-order valence-electron chi connectivity index (χ0n) is 18.8. The first-order valence-electron chi connectivity index (χ1n) is 11.6. The molecule has 172 valence electrons. The number of hydrazine groups is 1. The summed E-state index contributed by atoms with van der Waals surface area (Å²) in [6.45, 7) is 8.12. The van der Waals surface area contributed by atoms with E-state index in [-0.39, 0.29) is 23.8 Å². The molecule has 2 amide bonds. The highest BCUT2D eigenvalue weighted by atomic mass is 16.6. The van der Waals surface area contributed by atoms with Gasteiger partial charge in [0, 0.05) is 45.2 Å². The average molecular weight is 434 g/mol. The molecule has 2 radical (unpaired) electrons. The number of amides is 2. The Morgan fingerprint density at radius 1 is 1.19 bits per heavy atom. The lowest BCUT2D eigenvalue weighted by atomic mass is 9.64. The molecule has 0 bridgehead atoms. The van der Waals surface area contributed by atoms with Crippen LogP contribution in [0.25, 0.3) is 0 Å². The van der Waals surface area contributed by atoms with Crippen molar-refractivity contribution in [2.75, 3.05) is 39.3 Å². The first-order chi connectivity index (χ1) is 14.6. The summed E-state index contributed by atoms with van der Waals surface area (Å²) >= 11 is 0. The van der Waals surface area contributed by atoms with Crippen LogP contribution in [0.2, 0.25) is 0 Å². The van der Waals surface area contributed by atoms with Crippen molar-refractivity contribution >= 4 is 19.8 Å². The molecule has 2 spiro atoms. The van der Waals surface area contributed by atoms with Gasteiger partial charge in [-0.3, -0.25) is 4.79 Å². The molecular weight excluding hydrogens is 399 g/mol. The molecule has 3 heterocycles. The van der Waals surface area contributed by atoms with Crippen molar-refractivity contribution < 1.29 is 24.5 Å². The van der Waals surface area contributed by atoms with Gasteiger partial charge in [0.25, 0.3) is 0 Å². The molecule has 4 fully saturated rings. The Balaban J connectivity index is 1.33. The summed E-state index contributed by atoms with van der Waals surface area (Å²) in [7, 11) is 5.49. The molecule has 10 heteroatoms. The van der Waals surface area contributed by atoms with Gasteiger partial charge in [-0.1, -0.05) is 6.92 Å². The van der Waals surface area contributed by atoms with Gasteiger partial charge in [-0.2, -0.15) is 0 Å². The van der Waals surface area contributed by atoms with Crippen LogP contribution in [0, 0.1) is 5.41 Å². The molecule has 1 aliphatic carbocycles. The molecule has 3 aliphatic heterocycles. The number of nitrogens with zero attached hydrogens (tertiary/aromatic N) is 4. The Bertz CT molecular complexity index is 700. The molecule has 0 aromatic heterocycles. The number of likely N-dealkylation sites (tertiary alicyclic amines) is 2. The maximum Gasteiger partial charge on any atom is 0.409 e. The summed E-state index contributed by atoms with van der Waals surface area (Å²) in [5.41, 5.74) is -0.164. The highest BCUT2D eigenvalue weighted by Gasteiger charge is 2.57. The Kier molecular flexibility index (Phi) is 6.04. The summed E-state index contributed by atoms with van der Waals surface area (Å²) in [4.78, 5) is 29.0. The van der Waals surface area contributed by atoms with Gasteiger partial charge in [0.05, 0.1) is 12.1 Å². The lowest BCUT2D eigenvalue weighted by Crippen LogP contribution is -2.63. The highest BCUT2D eigenvalue weighted by molar-refractivity contribution is 6.14. The summed E-state index contributed by atoms with van der Waals surface area (Å²) in [6.07, 6.45) is 5.68. The number of rotatable bonds is 5. The normalized spacial score (nSPS) is 31.6. The zero-order chi connectivity index (χ0) is 22.4. The minimum atomic E-state index is -2.67. The Morgan fingerprint density at radius 3 is 2.45 bits per heavy atom. The topological polar surface area (TPSA) is 96.8 Å². The maximum atomic E-state index is 12.6. The van der Waals surface area contributed by atoms with E-state index in [4.69, 9.17) is 12.6 Å². The van der Waals surface area contributed by atoms with Crippen molar-refractivity contribution in [3.8, 4) is 0 Å². The number of hydrogen-bond donors (Lipinski definition) is 2. The number of hydrogen-bond acceptors (Lipinski definition) is 7. The molecule has 9 nitrogen and oxygen atoms in total. The van der Waals surface area contributed by atoms with E-state index < -0.39 is 11.3 Å². The average Bonchev–Trinajstić information content (AvgIpc) is 3.22. The van der Waals surface area contributed by atoms with E-state index in [1.165, 1.54) is 0 Å². The Labute approximate surface area is 185 Å². The maximum absolute atomic E-state index is 12.6. The minimum Gasteiger partial charge on any atom is -0.450 e. The van der Waals surface area contributed by atoms with Crippen molar-refractivity contribution in [3.05, 3.63) is 0 Å². The molecule has 4 rings (SSSR count). The number of piperidine rings is 1. The summed E-state index contributed by atoms with van der Waals surface area (Å²) in [5.74, 6) is -3.00. The van der Waals surface area contributed by atoms with Crippen LogP contribution < -0.4 is 0 Å².